The standard InChI is InChI=1S/C30H22/c1-20-8-10-22(11-9-20)26-7-2-4-21(18-26)19-27-15-14-25-13-12-23-5-3-6-24-16-17-28(27)30(25)29(23)24/h2-18H,19H2,1H3. The minimum atomic E-state index is 0.938. The summed E-state index contributed by atoms with van der Waals surface area (Å²) in [5.74, 6) is 0. The highest BCUT2D eigenvalue weighted by Crippen LogP contribution is 2.36. The number of rotatable bonds is 3. The van der Waals surface area contributed by atoms with E-state index in [0.717, 1.165) is 6.42 Å². The first-order valence-electron chi connectivity index (χ1n) is 10.6. The van der Waals surface area contributed by atoms with Gasteiger partial charge in [0.2, 0.25) is 0 Å². The Hall–Kier alpha value is -3.64. The maximum atomic E-state index is 2.34. The summed E-state index contributed by atoms with van der Waals surface area (Å²) in [6, 6.07) is 38.0. The zero-order valence-corrected chi connectivity index (χ0v) is 17.0. The Labute approximate surface area is 176 Å². The van der Waals surface area contributed by atoms with E-state index in [-0.39, 0.29) is 0 Å². The molecule has 142 valence electrons. The lowest BCUT2D eigenvalue weighted by Crippen LogP contribution is -1.93. The third kappa shape index (κ3) is 2.76. The van der Waals surface area contributed by atoms with Gasteiger partial charge in [0.25, 0.3) is 0 Å². The molecule has 0 heterocycles. The van der Waals surface area contributed by atoms with Gasteiger partial charge >= 0.3 is 0 Å². The van der Waals surface area contributed by atoms with Crippen molar-refractivity contribution in [2.24, 2.45) is 0 Å². The SMILES string of the molecule is Cc1ccc(-c2cccc(Cc3ccc4ccc5cccc6ccc3c4c56)c2)cc1. The third-order valence-corrected chi connectivity index (χ3v) is 6.33. The van der Waals surface area contributed by atoms with Gasteiger partial charge in [-0.3, -0.25) is 0 Å². The van der Waals surface area contributed by atoms with Gasteiger partial charge in [-0.1, -0.05) is 109 Å². The Balaban J connectivity index is 1.48. The van der Waals surface area contributed by atoms with E-state index in [0.29, 0.717) is 0 Å². The fourth-order valence-corrected chi connectivity index (χ4v) is 4.78. The highest BCUT2D eigenvalue weighted by molar-refractivity contribution is 6.23. The average molecular weight is 383 g/mol. The fraction of sp³-hybridized carbons (Fsp3) is 0.0667. The van der Waals surface area contributed by atoms with Crippen LogP contribution in [0.1, 0.15) is 16.7 Å². The Morgan fingerprint density at radius 2 is 1.20 bits per heavy atom. The highest BCUT2D eigenvalue weighted by Gasteiger charge is 2.11. The average Bonchev–Trinajstić information content (AvgIpc) is 2.79. The van der Waals surface area contributed by atoms with Crippen LogP contribution in [0.4, 0.5) is 0 Å². The van der Waals surface area contributed by atoms with Gasteiger partial charge in [0.05, 0.1) is 0 Å². The first-order chi connectivity index (χ1) is 14.8. The summed E-state index contributed by atoms with van der Waals surface area (Å²) in [5, 5.41) is 8.14. The molecule has 0 saturated carbocycles. The maximum Gasteiger partial charge on any atom is -0.00194 e. The van der Waals surface area contributed by atoms with Crippen LogP contribution in [0, 0.1) is 6.92 Å². The molecule has 0 radical (unpaired) electrons. The normalized spacial score (nSPS) is 11.6. The van der Waals surface area contributed by atoms with Gasteiger partial charge in [-0.15, -0.1) is 0 Å². The summed E-state index contributed by atoms with van der Waals surface area (Å²) in [5.41, 5.74) is 6.59. The van der Waals surface area contributed by atoms with Gasteiger partial charge < -0.3 is 0 Å². The molecular weight excluding hydrogens is 360 g/mol. The minimum Gasteiger partial charge on any atom is -0.0614 e. The van der Waals surface area contributed by atoms with Crippen LogP contribution in [0.5, 0.6) is 0 Å². The highest BCUT2D eigenvalue weighted by atomic mass is 14.1. The topological polar surface area (TPSA) is 0 Å². The molecule has 0 saturated heterocycles. The van der Waals surface area contributed by atoms with Crippen LogP contribution < -0.4 is 0 Å². The summed E-state index contributed by atoms with van der Waals surface area (Å²) in [7, 11) is 0. The minimum absolute atomic E-state index is 0.938. The van der Waals surface area contributed by atoms with Crippen molar-refractivity contribution in [3.8, 4) is 11.1 Å². The van der Waals surface area contributed by atoms with Crippen molar-refractivity contribution >= 4 is 32.3 Å². The van der Waals surface area contributed by atoms with Crippen LogP contribution in [0.2, 0.25) is 0 Å². The molecule has 6 aromatic rings. The zero-order chi connectivity index (χ0) is 20.1. The molecular formula is C30H22. The molecule has 30 heavy (non-hydrogen) atoms. The molecule has 0 heteroatoms. The Morgan fingerprint density at radius 1 is 0.533 bits per heavy atom. The lowest BCUT2D eigenvalue weighted by Gasteiger charge is -2.14. The van der Waals surface area contributed by atoms with Crippen molar-refractivity contribution in [2.75, 3.05) is 0 Å². The van der Waals surface area contributed by atoms with E-state index in [4.69, 9.17) is 0 Å². The van der Waals surface area contributed by atoms with E-state index in [1.165, 1.54) is 60.1 Å². The molecule has 0 aliphatic carbocycles. The maximum absolute atomic E-state index is 2.34. The molecule has 0 spiro atoms. The molecule has 0 aliphatic rings. The van der Waals surface area contributed by atoms with Crippen molar-refractivity contribution in [1.29, 1.82) is 0 Å². The van der Waals surface area contributed by atoms with Crippen LogP contribution in [-0.2, 0) is 6.42 Å². The Kier molecular flexibility index (Phi) is 3.86. The van der Waals surface area contributed by atoms with Crippen molar-refractivity contribution in [1.82, 2.24) is 0 Å². The van der Waals surface area contributed by atoms with Gasteiger partial charge in [0.15, 0.2) is 0 Å². The molecule has 0 nitrogen and oxygen atoms in total. The number of benzene rings is 6. The number of hydrogen-bond donors (Lipinski definition) is 0. The van der Waals surface area contributed by atoms with Crippen molar-refractivity contribution < 1.29 is 0 Å². The summed E-state index contributed by atoms with van der Waals surface area (Å²) in [6.45, 7) is 2.13. The smallest absolute Gasteiger partial charge is 0.00194 e. The van der Waals surface area contributed by atoms with E-state index in [2.05, 4.69) is 110 Å². The molecule has 6 rings (SSSR count). The molecule has 0 atom stereocenters. The van der Waals surface area contributed by atoms with Gasteiger partial charge in [0, 0.05) is 0 Å². The zero-order valence-electron chi connectivity index (χ0n) is 17.0. The van der Waals surface area contributed by atoms with E-state index in [1.54, 1.807) is 0 Å². The molecule has 0 amide bonds. The first kappa shape index (κ1) is 17.2. The van der Waals surface area contributed by atoms with E-state index in [9.17, 15) is 0 Å². The quantitative estimate of drug-likeness (QED) is 0.271. The second kappa shape index (κ2) is 6.71. The first-order valence-corrected chi connectivity index (χ1v) is 10.6. The lowest BCUT2D eigenvalue weighted by molar-refractivity contribution is 1.22. The molecule has 0 aromatic heterocycles. The van der Waals surface area contributed by atoms with Crippen molar-refractivity contribution in [3.63, 3.8) is 0 Å². The second-order valence-electron chi connectivity index (χ2n) is 8.32. The van der Waals surface area contributed by atoms with Crippen LogP contribution in [0.15, 0.2) is 103 Å². The molecule has 6 aromatic carbocycles. The monoisotopic (exact) mass is 382 g/mol. The Bertz CT molecular complexity index is 1490. The number of aryl methyl sites for hydroxylation is 1. The number of hydrogen-bond acceptors (Lipinski definition) is 0. The van der Waals surface area contributed by atoms with E-state index in [1.807, 2.05) is 0 Å². The molecule has 0 N–H and O–H groups in total. The Morgan fingerprint density at radius 3 is 2.00 bits per heavy atom. The predicted octanol–water partition coefficient (Wildman–Crippen LogP) is 8.15. The lowest BCUT2D eigenvalue weighted by atomic mass is 9.90. The molecule has 0 aliphatic heterocycles. The van der Waals surface area contributed by atoms with Crippen LogP contribution in [-0.4, -0.2) is 0 Å². The summed E-state index contributed by atoms with van der Waals surface area (Å²) >= 11 is 0. The van der Waals surface area contributed by atoms with Gasteiger partial charge in [0.1, 0.15) is 0 Å². The van der Waals surface area contributed by atoms with Gasteiger partial charge in [-0.25, -0.2) is 0 Å². The summed E-state index contributed by atoms with van der Waals surface area (Å²) in [4.78, 5) is 0. The second-order valence-corrected chi connectivity index (χ2v) is 8.32. The van der Waals surface area contributed by atoms with E-state index >= 15 is 0 Å². The van der Waals surface area contributed by atoms with Crippen LogP contribution >= 0.6 is 0 Å². The molecule has 0 bridgehead atoms. The van der Waals surface area contributed by atoms with Crippen LogP contribution in [0.3, 0.4) is 0 Å². The summed E-state index contributed by atoms with van der Waals surface area (Å²) in [6.07, 6.45) is 0.938. The molecule has 0 unspecified atom stereocenters. The largest absolute Gasteiger partial charge is 0.0614 e. The fourth-order valence-electron chi connectivity index (χ4n) is 4.78. The predicted molar refractivity (Wildman–Crippen MR) is 130 cm³/mol. The molecule has 0 fully saturated rings. The van der Waals surface area contributed by atoms with Crippen molar-refractivity contribution in [3.05, 3.63) is 120 Å². The van der Waals surface area contributed by atoms with Crippen molar-refractivity contribution in [2.45, 2.75) is 13.3 Å². The van der Waals surface area contributed by atoms with E-state index < -0.39 is 0 Å². The van der Waals surface area contributed by atoms with Gasteiger partial charge in [-0.2, -0.15) is 0 Å². The van der Waals surface area contributed by atoms with Gasteiger partial charge in [-0.05, 0) is 67.9 Å². The third-order valence-electron chi connectivity index (χ3n) is 6.33. The van der Waals surface area contributed by atoms with Crippen LogP contribution in [0.25, 0.3) is 43.4 Å². The summed E-state index contributed by atoms with van der Waals surface area (Å²) < 4.78 is 0.